The van der Waals surface area contributed by atoms with Crippen molar-refractivity contribution in [2.45, 2.75) is 13.3 Å². The van der Waals surface area contributed by atoms with Crippen LogP contribution in [-0.2, 0) is 4.79 Å². The van der Waals surface area contributed by atoms with E-state index in [0.29, 0.717) is 35.1 Å². The summed E-state index contributed by atoms with van der Waals surface area (Å²) in [5.74, 6) is -0.293. The van der Waals surface area contributed by atoms with Crippen molar-refractivity contribution in [1.82, 2.24) is 10.6 Å². The standard InChI is InChI=1S/C12H14Cl2N2O2/c1-2-11(17)15-5-6-16-12(18)8-3-4-9(13)10(14)7-8/h3-4,7H,2,5-6H2,1H3,(H,15,17)(H,16,18). The Morgan fingerprint density at radius 2 is 1.78 bits per heavy atom. The number of nitrogens with one attached hydrogen (secondary N) is 2. The highest BCUT2D eigenvalue weighted by Gasteiger charge is 2.07. The van der Waals surface area contributed by atoms with Gasteiger partial charge in [0.25, 0.3) is 5.91 Å². The molecule has 0 atom stereocenters. The number of benzene rings is 1. The van der Waals surface area contributed by atoms with Crippen molar-refractivity contribution in [2.24, 2.45) is 0 Å². The molecular formula is C12H14Cl2N2O2. The Hall–Kier alpha value is -1.26. The number of hydrogen-bond acceptors (Lipinski definition) is 2. The van der Waals surface area contributed by atoms with Gasteiger partial charge < -0.3 is 10.6 Å². The lowest BCUT2D eigenvalue weighted by molar-refractivity contribution is -0.120. The maximum atomic E-state index is 11.7. The van der Waals surface area contributed by atoms with E-state index in [9.17, 15) is 9.59 Å². The average Bonchev–Trinajstić information content (AvgIpc) is 2.37. The lowest BCUT2D eigenvalue weighted by Gasteiger charge is -2.07. The summed E-state index contributed by atoms with van der Waals surface area (Å²) in [5.41, 5.74) is 0.436. The van der Waals surface area contributed by atoms with Gasteiger partial charge in [0.15, 0.2) is 0 Å². The largest absolute Gasteiger partial charge is 0.354 e. The second-order valence-electron chi connectivity index (χ2n) is 3.59. The van der Waals surface area contributed by atoms with Crippen molar-refractivity contribution < 1.29 is 9.59 Å². The highest BCUT2D eigenvalue weighted by molar-refractivity contribution is 6.42. The number of carbonyl (C=O) groups excluding carboxylic acids is 2. The fraction of sp³-hybridized carbons (Fsp3) is 0.333. The normalized spacial score (nSPS) is 9.94. The minimum atomic E-state index is -0.251. The summed E-state index contributed by atoms with van der Waals surface area (Å²) < 4.78 is 0. The third kappa shape index (κ3) is 4.55. The van der Waals surface area contributed by atoms with E-state index in [1.807, 2.05) is 0 Å². The third-order valence-electron chi connectivity index (χ3n) is 2.24. The quantitative estimate of drug-likeness (QED) is 0.817. The Kier molecular flexibility index (Phi) is 5.95. The van der Waals surface area contributed by atoms with E-state index in [-0.39, 0.29) is 11.8 Å². The summed E-state index contributed by atoms with van der Waals surface area (Å²) in [6, 6.07) is 4.66. The summed E-state index contributed by atoms with van der Waals surface area (Å²) in [5, 5.41) is 6.07. The van der Waals surface area contributed by atoms with Crippen LogP contribution in [0.4, 0.5) is 0 Å². The number of amides is 2. The maximum absolute atomic E-state index is 11.7. The number of carbonyl (C=O) groups is 2. The van der Waals surface area contributed by atoms with E-state index in [1.165, 1.54) is 6.07 Å². The number of hydrogen-bond donors (Lipinski definition) is 2. The molecule has 18 heavy (non-hydrogen) atoms. The van der Waals surface area contributed by atoms with Crippen LogP contribution in [0.3, 0.4) is 0 Å². The van der Waals surface area contributed by atoms with Gasteiger partial charge in [-0.1, -0.05) is 30.1 Å². The molecule has 6 heteroatoms. The molecule has 1 aromatic carbocycles. The Labute approximate surface area is 116 Å². The van der Waals surface area contributed by atoms with Gasteiger partial charge in [-0.3, -0.25) is 9.59 Å². The molecule has 1 rings (SSSR count). The molecule has 0 aliphatic carbocycles. The Bertz CT molecular complexity index is 450. The fourth-order valence-electron chi connectivity index (χ4n) is 1.24. The summed E-state index contributed by atoms with van der Waals surface area (Å²) in [6.45, 7) is 2.54. The van der Waals surface area contributed by atoms with Crippen molar-refractivity contribution >= 4 is 35.0 Å². The predicted octanol–water partition coefficient (Wildman–Crippen LogP) is 2.25. The van der Waals surface area contributed by atoms with Crippen molar-refractivity contribution in [2.75, 3.05) is 13.1 Å². The molecule has 2 amide bonds. The zero-order valence-electron chi connectivity index (χ0n) is 9.93. The SMILES string of the molecule is CCC(=O)NCCNC(=O)c1ccc(Cl)c(Cl)c1. The van der Waals surface area contributed by atoms with Gasteiger partial charge in [-0.25, -0.2) is 0 Å². The van der Waals surface area contributed by atoms with Crippen LogP contribution in [0.2, 0.25) is 10.0 Å². The van der Waals surface area contributed by atoms with Gasteiger partial charge in [-0.2, -0.15) is 0 Å². The second-order valence-corrected chi connectivity index (χ2v) is 4.40. The van der Waals surface area contributed by atoms with Crippen LogP contribution in [0, 0.1) is 0 Å². The Morgan fingerprint density at radius 1 is 1.11 bits per heavy atom. The van der Waals surface area contributed by atoms with Gasteiger partial charge in [-0.05, 0) is 18.2 Å². The smallest absolute Gasteiger partial charge is 0.251 e. The molecule has 0 bridgehead atoms. The zero-order valence-corrected chi connectivity index (χ0v) is 11.4. The van der Waals surface area contributed by atoms with E-state index in [4.69, 9.17) is 23.2 Å². The molecule has 0 unspecified atom stereocenters. The summed E-state index contributed by atoms with van der Waals surface area (Å²) >= 11 is 11.6. The van der Waals surface area contributed by atoms with Crippen LogP contribution < -0.4 is 10.6 Å². The summed E-state index contributed by atoms with van der Waals surface area (Å²) in [6.07, 6.45) is 0.431. The van der Waals surface area contributed by atoms with Crippen LogP contribution in [0.25, 0.3) is 0 Å². The van der Waals surface area contributed by atoms with Crippen molar-refractivity contribution in [3.63, 3.8) is 0 Å². The highest BCUT2D eigenvalue weighted by Crippen LogP contribution is 2.22. The fourth-order valence-corrected chi connectivity index (χ4v) is 1.54. The minimum Gasteiger partial charge on any atom is -0.354 e. The molecule has 4 nitrogen and oxygen atoms in total. The molecule has 0 aliphatic rings. The maximum Gasteiger partial charge on any atom is 0.251 e. The molecule has 2 N–H and O–H groups in total. The minimum absolute atomic E-state index is 0.0428. The van der Waals surface area contributed by atoms with Crippen LogP contribution >= 0.6 is 23.2 Å². The topological polar surface area (TPSA) is 58.2 Å². The molecule has 0 spiro atoms. The molecule has 0 saturated carbocycles. The highest BCUT2D eigenvalue weighted by atomic mass is 35.5. The van der Waals surface area contributed by atoms with Crippen molar-refractivity contribution in [3.8, 4) is 0 Å². The average molecular weight is 289 g/mol. The van der Waals surface area contributed by atoms with Crippen LogP contribution in [0.1, 0.15) is 23.7 Å². The first-order valence-corrected chi connectivity index (χ1v) is 6.30. The van der Waals surface area contributed by atoms with Crippen LogP contribution in [0.15, 0.2) is 18.2 Å². The number of halogens is 2. The summed E-state index contributed by atoms with van der Waals surface area (Å²) in [4.78, 5) is 22.6. The second kappa shape index (κ2) is 7.24. The molecule has 0 heterocycles. The van der Waals surface area contributed by atoms with Gasteiger partial charge in [0.1, 0.15) is 0 Å². The van der Waals surface area contributed by atoms with E-state index in [1.54, 1.807) is 19.1 Å². The molecule has 0 aromatic heterocycles. The lowest BCUT2D eigenvalue weighted by Crippen LogP contribution is -2.34. The van der Waals surface area contributed by atoms with Crippen LogP contribution in [-0.4, -0.2) is 24.9 Å². The molecule has 0 saturated heterocycles. The summed E-state index contributed by atoms with van der Waals surface area (Å²) in [7, 11) is 0. The van der Waals surface area contributed by atoms with Gasteiger partial charge >= 0.3 is 0 Å². The van der Waals surface area contributed by atoms with Crippen molar-refractivity contribution in [1.29, 1.82) is 0 Å². The van der Waals surface area contributed by atoms with Gasteiger partial charge in [0.05, 0.1) is 10.0 Å². The van der Waals surface area contributed by atoms with Gasteiger partial charge in [0.2, 0.25) is 5.91 Å². The first-order chi connectivity index (χ1) is 8.54. The molecule has 0 aliphatic heterocycles. The first kappa shape index (κ1) is 14.8. The zero-order chi connectivity index (χ0) is 13.5. The third-order valence-corrected chi connectivity index (χ3v) is 2.97. The Morgan fingerprint density at radius 3 is 2.39 bits per heavy atom. The van der Waals surface area contributed by atoms with Gasteiger partial charge in [-0.15, -0.1) is 0 Å². The van der Waals surface area contributed by atoms with Gasteiger partial charge in [0, 0.05) is 25.1 Å². The monoisotopic (exact) mass is 288 g/mol. The molecule has 98 valence electrons. The van der Waals surface area contributed by atoms with Crippen molar-refractivity contribution in [3.05, 3.63) is 33.8 Å². The van der Waals surface area contributed by atoms with E-state index in [2.05, 4.69) is 10.6 Å². The molecular weight excluding hydrogens is 275 g/mol. The van der Waals surface area contributed by atoms with E-state index >= 15 is 0 Å². The van der Waals surface area contributed by atoms with Crippen LogP contribution in [0.5, 0.6) is 0 Å². The van der Waals surface area contributed by atoms with E-state index in [0.717, 1.165) is 0 Å². The van der Waals surface area contributed by atoms with E-state index < -0.39 is 0 Å². The molecule has 0 radical (unpaired) electrons. The molecule has 0 fully saturated rings. The number of rotatable bonds is 5. The Balaban J connectivity index is 2.41. The lowest BCUT2D eigenvalue weighted by atomic mass is 10.2. The predicted molar refractivity (Wildman–Crippen MR) is 72.1 cm³/mol. The first-order valence-electron chi connectivity index (χ1n) is 5.54. The molecule has 1 aromatic rings.